The number of hydrogen-bond donors (Lipinski definition) is 3. The van der Waals surface area contributed by atoms with Crippen LogP contribution in [0.2, 0.25) is 0 Å². The summed E-state index contributed by atoms with van der Waals surface area (Å²) in [6.45, 7) is 3.42. The summed E-state index contributed by atoms with van der Waals surface area (Å²) in [5, 5.41) is 12.9. The molecule has 6 nitrogen and oxygen atoms in total. The number of halogens is 1. The van der Waals surface area contributed by atoms with Crippen molar-refractivity contribution in [2.24, 2.45) is 5.41 Å². The van der Waals surface area contributed by atoms with Crippen LogP contribution in [0.4, 0.5) is 4.39 Å². The third-order valence-corrected chi connectivity index (χ3v) is 4.17. The van der Waals surface area contributed by atoms with E-state index in [2.05, 4.69) is 25.8 Å². The molecule has 1 amide bonds. The molecule has 1 aromatic heterocycles. The third kappa shape index (κ3) is 3.39. The Morgan fingerprint density at radius 2 is 2.17 bits per heavy atom. The SMILES string of the molecule is Cc1nc(CCNC(=O)C2(Cc3ccccc3F)CNC2)n[nH]1. The minimum Gasteiger partial charge on any atom is -0.355 e. The molecule has 0 saturated carbocycles. The van der Waals surface area contributed by atoms with E-state index in [1.807, 2.05) is 6.92 Å². The number of carbonyl (C=O) groups is 1. The number of hydrogen-bond acceptors (Lipinski definition) is 4. The molecule has 2 heterocycles. The van der Waals surface area contributed by atoms with Gasteiger partial charge in [-0.05, 0) is 25.0 Å². The van der Waals surface area contributed by atoms with Gasteiger partial charge in [-0.3, -0.25) is 9.89 Å². The first kappa shape index (κ1) is 15.6. The largest absolute Gasteiger partial charge is 0.355 e. The van der Waals surface area contributed by atoms with Gasteiger partial charge in [-0.1, -0.05) is 18.2 Å². The van der Waals surface area contributed by atoms with Crippen molar-refractivity contribution in [3.63, 3.8) is 0 Å². The highest BCUT2D eigenvalue weighted by molar-refractivity contribution is 5.84. The monoisotopic (exact) mass is 317 g/mol. The van der Waals surface area contributed by atoms with Gasteiger partial charge in [0, 0.05) is 26.1 Å². The van der Waals surface area contributed by atoms with Gasteiger partial charge in [0.2, 0.25) is 5.91 Å². The molecule has 0 atom stereocenters. The van der Waals surface area contributed by atoms with E-state index in [1.54, 1.807) is 18.2 Å². The van der Waals surface area contributed by atoms with Gasteiger partial charge < -0.3 is 10.6 Å². The summed E-state index contributed by atoms with van der Waals surface area (Å²) in [6, 6.07) is 6.61. The molecule has 1 aliphatic rings. The van der Waals surface area contributed by atoms with Crippen molar-refractivity contribution in [2.75, 3.05) is 19.6 Å². The molecule has 1 fully saturated rings. The highest BCUT2D eigenvalue weighted by Crippen LogP contribution is 2.29. The molecule has 0 radical (unpaired) electrons. The fraction of sp³-hybridized carbons (Fsp3) is 0.438. The molecule has 0 spiro atoms. The first-order valence-electron chi connectivity index (χ1n) is 7.69. The summed E-state index contributed by atoms with van der Waals surface area (Å²) in [5.74, 6) is 1.12. The molecule has 3 rings (SSSR count). The van der Waals surface area contributed by atoms with Crippen LogP contribution in [0.5, 0.6) is 0 Å². The predicted octanol–water partition coefficient (Wildman–Crippen LogP) is 0.743. The van der Waals surface area contributed by atoms with Crippen molar-refractivity contribution in [3.8, 4) is 0 Å². The quantitative estimate of drug-likeness (QED) is 0.734. The maximum atomic E-state index is 13.8. The van der Waals surface area contributed by atoms with E-state index < -0.39 is 5.41 Å². The lowest BCUT2D eigenvalue weighted by molar-refractivity contribution is -0.133. The second-order valence-electron chi connectivity index (χ2n) is 6.00. The van der Waals surface area contributed by atoms with Crippen molar-refractivity contribution < 1.29 is 9.18 Å². The summed E-state index contributed by atoms with van der Waals surface area (Å²) in [7, 11) is 0. The molecule has 122 valence electrons. The number of aromatic nitrogens is 3. The zero-order chi connectivity index (χ0) is 16.3. The molecule has 1 aromatic carbocycles. The highest BCUT2D eigenvalue weighted by Gasteiger charge is 2.44. The van der Waals surface area contributed by atoms with Gasteiger partial charge in [-0.2, -0.15) is 5.10 Å². The lowest BCUT2D eigenvalue weighted by Crippen LogP contribution is -2.62. The van der Waals surface area contributed by atoms with Crippen LogP contribution < -0.4 is 10.6 Å². The second kappa shape index (κ2) is 6.45. The molecule has 0 unspecified atom stereocenters. The predicted molar refractivity (Wildman–Crippen MR) is 83.2 cm³/mol. The van der Waals surface area contributed by atoms with Gasteiger partial charge in [-0.15, -0.1) is 0 Å². The molecule has 3 N–H and O–H groups in total. The molecule has 23 heavy (non-hydrogen) atoms. The van der Waals surface area contributed by atoms with Crippen LogP contribution in [0, 0.1) is 18.2 Å². The maximum Gasteiger partial charge on any atom is 0.229 e. The summed E-state index contributed by atoms with van der Waals surface area (Å²) >= 11 is 0. The zero-order valence-electron chi connectivity index (χ0n) is 13.0. The molecule has 1 aliphatic heterocycles. The maximum absolute atomic E-state index is 13.8. The number of aromatic amines is 1. The standard InChI is InChI=1S/C16H20FN5O/c1-11-20-14(22-21-11)6-7-19-15(23)16(9-18-10-16)8-12-4-2-3-5-13(12)17/h2-5,18H,6-10H2,1H3,(H,19,23)(H,20,21,22). The summed E-state index contributed by atoms with van der Waals surface area (Å²) in [6.07, 6.45) is 0.970. The number of benzene rings is 1. The first-order chi connectivity index (χ1) is 11.1. The van der Waals surface area contributed by atoms with Gasteiger partial charge in [0.25, 0.3) is 0 Å². The number of aryl methyl sites for hydroxylation is 1. The Labute approximate surface area is 133 Å². The molecule has 1 saturated heterocycles. The van der Waals surface area contributed by atoms with Crippen LogP contribution in [0.25, 0.3) is 0 Å². The van der Waals surface area contributed by atoms with Crippen LogP contribution in [0.1, 0.15) is 17.2 Å². The van der Waals surface area contributed by atoms with Gasteiger partial charge in [0.05, 0.1) is 5.41 Å². The fourth-order valence-corrected chi connectivity index (χ4v) is 2.78. The summed E-state index contributed by atoms with van der Waals surface area (Å²) < 4.78 is 13.8. The van der Waals surface area contributed by atoms with Crippen molar-refractivity contribution >= 4 is 5.91 Å². The minimum absolute atomic E-state index is 0.0493. The Balaban J connectivity index is 1.59. The van der Waals surface area contributed by atoms with E-state index in [0.29, 0.717) is 43.9 Å². The summed E-state index contributed by atoms with van der Waals surface area (Å²) in [4.78, 5) is 16.7. The Kier molecular flexibility index (Phi) is 4.38. The topological polar surface area (TPSA) is 82.7 Å². The van der Waals surface area contributed by atoms with Crippen molar-refractivity contribution in [1.82, 2.24) is 25.8 Å². The van der Waals surface area contributed by atoms with Gasteiger partial charge >= 0.3 is 0 Å². The Morgan fingerprint density at radius 3 is 2.78 bits per heavy atom. The first-order valence-corrected chi connectivity index (χ1v) is 7.69. The Morgan fingerprint density at radius 1 is 1.39 bits per heavy atom. The van der Waals surface area contributed by atoms with Gasteiger partial charge in [0.1, 0.15) is 11.6 Å². The summed E-state index contributed by atoms with van der Waals surface area (Å²) in [5.41, 5.74) is 0.00523. The van der Waals surface area contributed by atoms with Crippen LogP contribution >= 0.6 is 0 Å². The Hall–Kier alpha value is -2.28. The van der Waals surface area contributed by atoms with E-state index in [4.69, 9.17) is 0 Å². The molecule has 0 aliphatic carbocycles. The van der Waals surface area contributed by atoms with Crippen LogP contribution in [-0.4, -0.2) is 40.7 Å². The lowest BCUT2D eigenvalue weighted by atomic mass is 9.75. The highest BCUT2D eigenvalue weighted by atomic mass is 19.1. The molecule has 7 heteroatoms. The minimum atomic E-state index is -0.572. The molecule has 0 bridgehead atoms. The van der Waals surface area contributed by atoms with Gasteiger partial charge in [-0.25, -0.2) is 9.37 Å². The van der Waals surface area contributed by atoms with E-state index in [-0.39, 0.29) is 11.7 Å². The third-order valence-electron chi connectivity index (χ3n) is 4.17. The number of nitrogens with zero attached hydrogens (tertiary/aromatic N) is 2. The Bertz CT molecular complexity index is 695. The number of carbonyl (C=O) groups excluding carboxylic acids is 1. The van der Waals surface area contributed by atoms with Crippen molar-refractivity contribution in [3.05, 3.63) is 47.3 Å². The van der Waals surface area contributed by atoms with E-state index in [1.165, 1.54) is 6.07 Å². The fourth-order valence-electron chi connectivity index (χ4n) is 2.78. The molecular weight excluding hydrogens is 297 g/mol. The van der Waals surface area contributed by atoms with Crippen LogP contribution in [0.3, 0.4) is 0 Å². The van der Waals surface area contributed by atoms with Crippen LogP contribution in [-0.2, 0) is 17.6 Å². The van der Waals surface area contributed by atoms with Gasteiger partial charge in [0.15, 0.2) is 5.82 Å². The average Bonchev–Trinajstić information content (AvgIpc) is 2.90. The number of rotatable bonds is 6. The van der Waals surface area contributed by atoms with E-state index >= 15 is 0 Å². The molecular formula is C16H20FN5O. The van der Waals surface area contributed by atoms with Crippen molar-refractivity contribution in [2.45, 2.75) is 19.8 Å². The average molecular weight is 317 g/mol. The smallest absolute Gasteiger partial charge is 0.229 e. The zero-order valence-corrected chi connectivity index (χ0v) is 13.0. The second-order valence-corrected chi connectivity index (χ2v) is 6.00. The van der Waals surface area contributed by atoms with Crippen LogP contribution in [0.15, 0.2) is 24.3 Å². The molecule has 2 aromatic rings. The lowest BCUT2D eigenvalue weighted by Gasteiger charge is -2.41. The number of amides is 1. The van der Waals surface area contributed by atoms with Crippen molar-refractivity contribution in [1.29, 1.82) is 0 Å². The van der Waals surface area contributed by atoms with E-state index in [0.717, 1.165) is 5.82 Å². The number of H-pyrrole nitrogens is 1. The number of nitrogens with one attached hydrogen (secondary N) is 3. The normalized spacial score (nSPS) is 15.9. The van der Waals surface area contributed by atoms with E-state index in [9.17, 15) is 9.18 Å².